The van der Waals surface area contributed by atoms with E-state index >= 15 is 0 Å². The van der Waals surface area contributed by atoms with E-state index < -0.39 is 0 Å². The molecule has 1 aromatic carbocycles. The Bertz CT molecular complexity index is 531. The Morgan fingerprint density at radius 2 is 2.28 bits per heavy atom. The maximum absolute atomic E-state index is 5.98. The van der Waals surface area contributed by atoms with Crippen molar-refractivity contribution in [1.29, 1.82) is 0 Å². The van der Waals surface area contributed by atoms with Crippen LogP contribution in [-0.2, 0) is 0 Å². The van der Waals surface area contributed by atoms with Crippen molar-refractivity contribution in [3.05, 3.63) is 35.4 Å². The fourth-order valence-electron chi connectivity index (χ4n) is 2.19. The average Bonchev–Trinajstić information content (AvgIpc) is 3.01. The van der Waals surface area contributed by atoms with Gasteiger partial charge in [-0.2, -0.15) is 5.10 Å². The van der Waals surface area contributed by atoms with E-state index in [1.54, 1.807) is 0 Å². The fraction of sp³-hybridized carbons (Fsp3) is 0.308. The Balaban J connectivity index is 1.76. The van der Waals surface area contributed by atoms with Gasteiger partial charge < -0.3 is 10.6 Å². The van der Waals surface area contributed by atoms with Crippen LogP contribution in [0.15, 0.2) is 30.3 Å². The lowest BCUT2D eigenvalue weighted by Crippen LogP contribution is -2.22. The molecule has 3 N–H and O–H groups in total. The maximum atomic E-state index is 5.98. The van der Waals surface area contributed by atoms with Crippen molar-refractivity contribution < 1.29 is 0 Å². The Labute approximate surface area is 111 Å². The zero-order valence-electron chi connectivity index (χ0n) is 9.91. The Hall–Kier alpha value is -1.52. The van der Waals surface area contributed by atoms with Gasteiger partial charge in [-0.3, -0.25) is 5.10 Å². The minimum Gasteiger partial charge on any atom is -0.365 e. The second-order valence-corrected chi connectivity index (χ2v) is 4.95. The third-order valence-electron chi connectivity index (χ3n) is 3.13. The molecule has 4 nitrogen and oxygen atoms in total. The number of benzene rings is 1. The number of halogens is 1. The van der Waals surface area contributed by atoms with Crippen LogP contribution in [0.4, 0.5) is 5.82 Å². The topological polar surface area (TPSA) is 52.7 Å². The molecular weight excluding hydrogens is 248 g/mol. The second-order valence-electron chi connectivity index (χ2n) is 4.51. The van der Waals surface area contributed by atoms with Gasteiger partial charge in [0.15, 0.2) is 0 Å². The highest BCUT2D eigenvalue weighted by Crippen LogP contribution is 2.23. The number of anilines is 1. The number of H-pyrrole nitrogens is 1. The van der Waals surface area contributed by atoms with Gasteiger partial charge in [-0.1, -0.05) is 23.7 Å². The van der Waals surface area contributed by atoms with Crippen molar-refractivity contribution >= 4 is 17.4 Å². The third-order valence-corrected chi connectivity index (χ3v) is 3.36. The standard InChI is InChI=1S/C13H15ClN4/c14-10-3-1-2-9(6-10)12-7-13(18-17-12)16-11-4-5-15-8-11/h1-3,6-7,11,15H,4-5,8H2,(H2,16,17,18). The van der Waals surface area contributed by atoms with Crippen molar-refractivity contribution in [3.63, 3.8) is 0 Å². The number of hydrogen-bond acceptors (Lipinski definition) is 3. The van der Waals surface area contributed by atoms with Crippen LogP contribution in [0.25, 0.3) is 11.3 Å². The van der Waals surface area contributed by atoms with Crippen LogP contribution in [0.1, 0.15) is 6.42 Å². The molecule has 1 saturated heterocycles. The molecule has 5 heteroatoms. The fourth-order valence-corrected chi connectivity index (χ4v) is 2.38. The molecule has 1 fully saturated rings. The molecule has 3 rings (SSSR count). The first kappa shape index (κ1) is 11.6. The smallest absolute Gasteiger partial charge is 0.148 e. The highest BCUT2D eigenvalue weighted by Gasteiger charge is 2.15. The van der Waals surface area contributed by atoms with Gasteiger partial charge in [-0.15, -0.1) is 0 Å². The lowest BCUT2D eigenvalue weighted by molar-refractivity contribution is 0.786. The van der Waals surface area contributed by atoms with Crippen LogP contribution in [0.3, 0.4) is 0 Å². The molecule has 1 aromatic heterocycles. The van der Waals surface area contributed by atoms with E-state index in [0.717, 1.165) is 41.6 Å². The van der Waals surface area contributed by atoms with Crippen LogP contribution < -0.4 is 10.6 Å². The third kappa shape index (κ3) is 2.49. The number of nitrogens with one attached hydrogen (secondary N) is 3. The molecule has 0 spiro atoms. The molecule has 2 heterocycles. The lowest BCUT2D eigenvalue weighted by atomic mass is 10.1. The molecule has 0 saturated carbocycles. The van der Waals surface area contributed by atoms with Gasteiger partial charge in [0.05, 0.1) is 5.69 Å². The Morgan fingerprint density at radius 1 is 1.33 bits per heavy atom. The molecule has 0 bridgehead atoms. The molecule has 1 atom stereocenters. The van der Waals surface area contributed by atoms with Crippen LogP contribution in [0.2, 0.25) is 5.02 Å². The van der Waals surface area contributed by atoms with Gasteiger partial charge in [-0.25, -0.2) is 0 Å². The van der Waals surface area contributed by atoms with E-state index in [1.165, 1.54) is 0 Å². The summed E-state index contributed by atoms with van der Waals surface area (Å²) < 4.78 is 0. The number of hydrogen-bond donors (Lipinski definition) is 3. The average molecular weight is 263 g/mol. The lowest BCUT2D eigenvalue weighted by Gasteiger charge is -2.08. The van der Waals surface area contributed by atoms with E-state index in [-0.39, 0.29) is 0 Å². The molecule has 2 aromatic rings. The van der Waals surface area contributed by atoms with E-state index in [1.807, 2.05) is 30.3 Å². The summed E-state index contributed by atoms with van der Waals surface area (Å²) in [7, 11) is 0. The predicted molar refractivity (Wildman–Crippen MR) is 73.9 cm³/mol. The SMILES string of the molecule is Clc1cccc(-c2cc(NC3CCNC3)n[nH]2)c1. The molecule has 0 amide bonds. The summed E-state index contributed by atoms with van der Waals surface area (Å²) in [6, 6.07) is 10.2. The first-order chi connectivity index (χ1) is 8.81. The van der Waals surface area contributed by atoms with Gasteiger partial charge >= 0.3 is 0 Å². The quantitative estimate of drug-likeness (QED) is 0.797. The number of rotatable bonds is 3. The second kappa shape index (κ2) is 5.00. The van der Waals surface area contributed by atoms with Crippen molar-refractivity contribution in [2.45, 2.75) is 12.5 Å². The van der Waals surface area contributed by atoms with Gasteiger partial charge in [0.25, 0.3) is 0 Å². The normalized spacial score (nSPS) is 19.1. The molecular formula is C13H15ClN4. The van der Waals surface area contributed by atoms with Crippen LogP contribution in [0, 0.1) is 0 Å². The largest absolute Gasteiger partial charge is 0.365 e. The molecule has 1 aliphatic rings. The minimum absolute atomic E-state index is 0.473. The van der Waals surface area contributed by atoms with Crippen LogP contribution in [0.5, 0.6) is 0 Å². The molecule has 94 valence electrons. The van der Waals surface area contributed by atoms with E-state index in [9.17, 15) is 0 Å². The zero-order chi connectivity index (χ0) is 12.4. The molecule has 1 unspecified atom stereocenters. The van der Waals surface area contributed by atoms with Crippen molar-refractivity contribution in [2.75, 3.05) is 18.4 Å². The van der Waals surface area contributed by atoms with Gasteiger partial charge in [0.2, 0.25) is 0 Å². The maximum Gasteiger partial charge on any atom is 0.148 e. The van der Waals surface area contributed by atoms with E-state index in [4.69, 9.17) is 11.6 Å². The Kier molecular flexibility index (Phi) is 3.21. The summed E-state index contributed by atoms with van der Waals surface area (Å²) in [4.78, 5) is 0. The number of nitrogens with zero attached hydrogens (tertiary/aromatic N) is 1. The summed E-state index contributed by atoms with van der Waals surface area (Å²) >= 11 is 5.98. The molecule has 1 aliphatic heterocycles. The zero-order valence-corrected chi connectivity index (χ0v) is 10.7. The van der Waals surface area contributed by atoms with E-state index in [2.05, 4.69) is 20.8 Å². The molecule has 18 heavy (non-hydrogen) atoms. The number of aromatic amines is 1. The summed E-state index contributed by atoms with van der Waals surface area (Å²) in [6.07, 6.45) is 1.14. The first-order valence-corrected chi connectivity index (χ1v) is 6.48. The number of aromatic nitrogens is 2. The van der Waals surface area contributed by atoms with Crippen molar-refractivity contribution in [3.8, 4) is 11.3 Å². The molecule has 0 aliphatic carbocycles. The van der Waals surface area contributed by atoms with Crippen molar-refractivity contribution in [1.82, 2.24) is 15.5 Å². The monoisotopic (exact) mass is 262 g/mol. The summed E-state index contributed by atoms with van der Waals surface area (Å²) in [6.45, 7) is 2.07. The Morgan fingerprint density at radius 3 is 3.06 bits per heavy atom. The summed E-state index contributed by atoms with van der Waals surface area (Å²) in [5.74, 6) is 0.888. The van der Waals surface area contributed by atoms with Gasteiger partial charge in [0, 0.05) is 29.2 Å². The van der Waals surface area contributed by atoms with Crippen LogP contribution >= 0.6 is 11.6 Å². The molecule has 0 radical (unpaired) electrons. The van der Waals surface area contributed by atoms with Crippen molar-refractivity contribution in [2.24, 2.45) is 0 Å². The van der Waals surface area contributed by atoms with Gasteiger partial charge in [-0.05, 0) is 25.1 Å². The highest BCUT2D eigenvalue weighted by molar-refractivity contribution is 6.30. The summed E-state index contributed by atoms with van der Waals surface area (Å²) in [5, 5.41) is 14.8. The van der Waals surface area contributed by atoms with E-state index in [0.29, 0.717) is 6.04 Å². The predicted octanol–water partition coefficient (Wildman–Crippen LogP) is 2.50. The summed E-state index contributed by atoms with van der Waals surface area (Å²) in [5.41, 5.74) is 2.03. The van der Waals surface area contributed by atoms with Crippen LogP contribution in [-0.4, -0.2) is 29.3 Å². The highest BCUT2D eigenvalue weighted by atomic mass is 35.5. The van der Waals surface area contributed by atoms with Gasteiger partial charge in [0.1, 0.15) is 5.82 Å². The minimum atomic E-state index is 0.473. The first-order valence-electron chi connectivity index (χ1n) is 6.10.